The first-order chi connectivity index (χ1) is 12.1. The molecule has 138 valence electrons. The maximum absolute atomic E-state index is 12.0. The highest BCUT2D eigenvalue weighted by Crippen LogP contribution is 2.37. The van der Waals surface area contributed by atoms with E-state index in [2.05, 4.69) is 29.8 Å². The zero-order chi connectivity index (χ0) is 18.0. The van der Waals surface area contributed by atoms with Gasteiger partial charge in [-0.1, -0.05) is 30.3 Å². The van der Waals surface area contributed by atoms with Crippen molar-refractivity contribution >= 4 is 23.6 Å². The molecule has 0 aliphatic carbocycles. The molecule has 1 aromatic carbocycles. The molecule has 1 aliphatic rings. The smallest absolute Gasteiger partial charge is 0.222 e. The SMILES string of the molecule is CCNC(=NCC1(C)CCCS1)NCCC(=O)NCc1ccccc1. The van der Waals surface area contributed by atoms with Gasteiger partial charge in [-0.25, -0.2) is 0 Å². The second-order valence-corrected chi connectivity index (χ2v) is 8.22. The minimum atomic E-state index is 0.0468. The van der Waals surface area contributed by atoms with E-state index in [0.29, 0.717) is 19.5 Å². The Morgan fingerprint density at radius 2 is 2.04 bits per heavy atom. The molecule has 3 N–H and O–H groups in total. The third-order valence-corrected chi connectivity index (χ3v) is 5.72. The van der Waals surface area contributed by atoms with E-state index < -0.39 is 0 Å². The molecule has 1 saturated heterocycles. The van der Waals surface area contributed by atoms with Gasteiger partial charge in [-0.2, -0.15) is 11.8 Å². The lowest BCUT2D eigenvalue weighted by atomic mass is 10.1. The zero-order valence-electron chi connectivity index (χ0n) is 15.3. The fraction of sp³-hybridized carbons (Fsp3) is 0.579. The van der Waals surface area contributed by atoms with Crippen LogP contribution in [0.3, 0.4) is 0 Å². The van der Waals surface area contributed by atoms with Gasteiger partial charge in [-0.05, 0) is 38.0 Å². The van der Waals surface area contributed by atoms with Gasteiger partial charge in [0.2, 0.25) is 5.91 Å². The second kappa shape index (κ2) is 10.3. The van der Waals surface area contributed by atoms with Crippen molar-refractivity contribution in [1.82, 2.24) is 16.0 Å². The summed E-state index contributed by atoms with van der Waals surface area (Å²) in [4.78, 5) is 16.7. The summed E-state index contributed by atoms with van der Waals surface area (Å²) in [7, 11) is 0. The van der Waals surface area contributed by atoms with Crippen LogP contribution in [0.4, 0.5) is 0 Å². The van der Waals surface area contributed by atoms with E-state index in [0.717, 1.165) is 24.6 Å². The number of carbonyl (C=O) groups is 1. The Kier molecular flexibility index (Phi) is 8.12. The van der Waals surface area contributed by atoms with Crippen LogP contribution in [0.5, 0.6) is 0 Å². The highest BCUT2D eigenvalue weighted by Gasteiger charge is 2.29. The highest BCUT2D eigenvalue weighted by atomic mass is 32.2. The molecule has 1 fully saturated rings. The molecule has 0 spiro atoms. The lowest BCUT2D eigenvalue weighted by Crippen LogP contribution is -2.40. The van der Waals surface area contributed by atoms with Crippen molar-refractivity contribution < 1.29 is 4.79 Å². The van der Waals surface area contributed by atoms with Crippen LogP contribution in [0.1, 0.15) is 38.7 Å². The first kappa shape index (κ1) is 19.6. The summed E-state index contributed by atoms with van der Waals surface area (Å²) in [6, 6.07) is 9.95. The van der Waals surface area contributed by atoms with Crippen molar-refractivity contribution in [1.29, 1.82) is 0 Å². The van der Waals surface area contributed by atoms with Crippen molar-refractivity contribution in [3.05, 3.63) is 35.9 Å². The van der Waals surface area contributed by atoms with E-state index in [1.165, 1.54) is 18.6 Å². The first-order valence-electron chi connectivity index (χ1n) is 9.08. The quantitative estimate of drug-likeness (QED) is 0.491. The molecule has 1 unspecified atom stereocenters. The number of aliphatic imine (C=N–C) groups is 1. The van der Waals surface area contributed by atoms with Crippen LogP contribution < -0.4 is 16.0 Å². The normalized spacial score (nSPS) is 20.3. The Hall–Kier alpha value is -1.69. The maximum atomic E-state index is 12.0. The van der Waals surface area contributed by atoms with Gasteiger partial charge in [0.05, 0.1) is 6.54 Å². The predicted molar refractivity (Wildman–Crippen MR) is 107 cm³/mol. The minimum Gasteiger partial charge on any atom is -0.357 e. The molecule has 0 saturated carbocycles. The molecule has 1 aromatic rings. The fourth-order valence-corrected chi connectivity index (χ4v) is 3.95. The summed E-state index contributed by atoms with van der Waals surface area (Å²) in [6.07, 6.45) is 2.94. The number of benzene rings is 1. The molecule has 0 bridgehead atoms. The number of hydrogen-bond acceptors (Lipinski definition) is 3. The van der Waals surface area contributed by atoms with E-state index in [4.69, 9.17) is 4.99 Å². The van der Waals surface area contributed by atoms with Crippen LogP contribution >= 0.6 is 11.8 Å². The van der Waals surface area contributed by atoms with Gasteiger partial charge in [0.1, 0.15) is 0 Å². The van der Waals surface area contributed by atoms with E-state index in [9.17, 15) is 4.79 Å². The summed E-state index contributed by atoms with van der Waals surface area (Å²) in [5.41, 5.74) is 1.11. The first-order valence-corrected chi connectivity index (χ1v) is 10.1. The number of rotatable bonds is 8. The summed E-state index contributed by atoms with van der Waals surface area (Å²) in [5.74, 6) is 2.08. The molecule has 25 heavy (non-hydrogen) atoms. The molecule has 5 nitrogen and oxygen atoms in total. The van der Waals surface area contributed by atoms with E-state index >= 15 is 0 Å². The van der Waals surface area contributed by atoms with E-state index in [-0.39, 0.29) is 10.7 Å². The fourth-order valence-electron chi connectivity index (χ4n) is 2.73. The third kappa shape index (κ3) is 7.38. The molecular weight excluding hydrogens is 332 g/mol. The number of amides is 1. The second-order valence-electron chi connectivity index (χ2n) is 6.54. The Balaban J connectivity index is 1.70. The van der Waals surface area contributed by atoms with Crippen LogP contribution in [-0.4, -0.2) is 42.0 Å². The molecular formula is C19H30N4OS. The van der Waals surface area contributed by atoms with Crippen LogP contribution in [0.15, 0.2) is 35.3 Å². The van der Waals surface area contributed by atoms with Crippen LogP contribution in [0, 0.1) is 0 Å². The molecule has 1 atom stereocenters. The summed E-state index contributed by atoms with van der Waals surface area (Å²) in [6.45, 7) is 7.12. The lowest BCUT2D eigenvalue weighted by molar-refractivity contribution is -0.121. The summed E-state index contributed by atoms with van der Waals surface area (Å²) in [5, 5.41) is 9.46. The van der Waals surface area contributed by atoms with Crippen molar-refractivity contribution in [2.75, 3.05) is 25.4 Å². The number of carbonyl (C=O) groups excluding carboxylic acids is 1. The molecule has 0 radical (unpaired) electrons. The van der Waals surface area contributed by atoms with Gasteiger partial charge >= 0.3 is 0 Å². The average Bonchev–Trinajstić information content (AvgIpc) is 3.06. The van der Waals surface area contributed by atoms with Gasteiger partial charge in [0, 0.05) is 30.8 Å². The van der Waals surface area contributed by atoms with E-state index in [1.807, 2.05) is 42.1 Å². The Morgan fingerprint density at radius 3 is 2.72 bits per heavy atom. The Bertz CT molecular complexity index is 556. The standard InChI is InChI=1S/C19H30N4OS/c1-3-20-18(23-15-19(2)11-7-13-25-19)21-12-10-17(24)22-14-16-8-5-4-6-9-16/h4-6,8-9H,3,7,10-15H2,1-2H3,(H,22,24)(H2,20,21,23). The lowest BCUT2D eigenvalue weighted by Gasteiger charge is -2.21. The van der Waals surface area contributed by atoms with Crippen molar-refractivity contribution in [3.63, 3.8) is 0 Å². The van der Waals surface area contributed by atoms with Crippen LogP contribution in [-0.2, 0) is 11.3 Å². The molecule has 2 rings (SSSR count). The minimum absolute atomic E-state index is 0.0468. The Labute approximate surface area is 155 Å². The number of hydrogen-bond donors (Lipinski definition) is 3. The molecule has 1 amide bonds. The molecule has 1 heterocycles. The van der Waals surface area contributed by atoms with Crippen molar-refractivity contribution in [2.45, 2.75) is 44.4 Å². The predicted octanol–water partition coefficient (Wildman–Crippen LogP) is 2.53. The van der Waals surface area contributed by atoms with Crippen LogP contribution in [0.2, 0.25) is 0 Å². The van der Waals surface area contributed by atoms with Gasteiger partial charge < -0.3 is 16.0 Å². The Morgan fingerprint density at radius 1 is 1.24 bits per heavy atom. The highest BCUT2D eigenvalue weighted by molar-refractivity contribution is 8.00. The third-order valence-electron chi connectivity index (χ3n) is 4.19. The molecule has 0 aromatic heterocycles. The largest absolute Gasteiger partial charge is 0.357 e. The van der Waals surface area contributed by atoms with Crippen LogP contribution in [0.25, 0.3) is 0 Å². The van der Waals surface area contributed by atoms with E-state index in [1.54, 1.807) is 0 Å². The zero-order valence-corrected chi connectivity index (χ0v) is 16.1. The molecule has 1 aliphatic heterocycles. The average molecular weight is 363 g/mol. The maximum Gasteiger partial charge on any atom is 0.222 e. The number of nitrogens with zero attached hydrogens (tertiary/aromatic N) is 1. The van der Waals surface area contributed by atoms with Gasteiger partial charge in [-0.3, -0.25) is 9.79 Å². The number of thioether (sulfide) groups is 1. The number of guanidine groups is 1. The molecule has 6 heteroatoms. The van der Waals surface area contributed by atoms with Gasteiger partial charge in [0.15, 0.2) is 5.96 Å². The van der Waals surface area contributed by atoms with Crippen molar-refractivity contribution in [3.8, 4) is 0 Å². The van der Waals surface area contributed by atoms with Gasteiger partial charge in [-0.15, -0.1) is 0 Å². The summed E-state index contributed by atoms with van der Waals surface area (Å²) < 4.78 is 0.259. The number of nitrogens with one attached hydrogen (secondary N) is 3. The summed E-state index contributed by atoms with van der Waals surface area (Å²) >= 11 is 2.01. The van der Waals surface area contributed by atoms with Crippen molar-refractivity contribution in [2.24, 2.45) is 4.99 Å². The monoisotopic (exact) mass is 362 g/mol. The topological polar surface area (TPSA) is 65.5 Å². The van der Waals surface area contributed by atoms with Gasteiger partial charge in [0.25, 0.3) is 0 Å².